The summed E-state index contributed by atoms with van der Waals surface area (Å²) in [7, 11) is 0. The minimum absolute atomic E-state index is 1.10. The third-order valence-electron chi connectivity index (χ3n) is 2.70. The molecule has 0 saturated carbocycles. The van der Waals surface area contributed by atoms with E-state index in [4.69, 9.17) is 0 Å². The number of unbranched alkanes of at least 4 members (excludes halogenated alkanes) is 7. The molecular weight excluding hydrogens is 192 g/mol. The number of hydrogen-bond acceptors (Lipinski definition) is 0. The SMILES string of the molecule is C=CCCCCCCCC/C=C\C/C=C/C. The highest BCUT2D eigenvalue weighted by atomic mass is 14.0. The standard InChI is InChI=1S/C16H28/c1-3-5-7-9-11-13-15-16-14-12-10-8-6-4-2/h3-4,6,10,12H,1,5,7-9,11,13-16H2,2H3/b6-4+,12-10-. The quantitative estimate of drug-likeness (QED) is 0.304. The van der Waals surface area contributed by atoms with Gasteiger partial charge in [-0.15, -0.1) is 6.58 Å². The lowest BCUT2D eigenvalue weighted by molar-refractivity contribution is 0.600. The van der Waals surface area contributed by atoms with Crippen LogP contribution >= 0.6 is 0 Å². The van der Waals surface area contributed by atoms with Crippen LogP contribution in [0, 0.1) is 0 Å². The summed E-state index contributed by atoms with van der Waals surface area (Å²) in [6.07, 6.45) is 22.7. The lowest BCUT2D eigenvalue weighted by Crippen LogP contribution is -1.79. The molecule has 0 saturated heterocycles. The second-order valence-electron chi connectivity index (χ2n) is 4.26. The van der Waals surface area contributed by atoms with Gasteiger partial charge in [0.1, 0.15) is 0 Å². The second kappa shape index (κ2) is 14.2. The molecule has 0 rings (SSSR count). The monoisotopic (exact) mass is 220 g/mol. The van der Waals surface area contributed by atoms with Crippen molar-refractivity contribution in [2.45, 2.75) is 64.7 Å². The summed E-state index contributed by atoms with van der Waals surface area (Å²) in [5.74, 6) is 0. The fourth-order valence-corrected chi connectivity index (χ4v) is 1.69. The molecule has 0 atom stereocenters. The summed E-state index contributed by atoms with van der Waals surface area (Å²) in [6.45, 7) is 5.81. The molecule has 0 unspecified atom stereocenters. The molecule has 0 aliphatic heterocycles. The first-order chi connectivity index (χ1) is 7.91. The van der Waals surface area contributed by atoms with Crippen molar-refractivity contribution in [3.05, 3.63) is 37.0 Å². The van der Waals surface area contributed by atoms with Crippen molar-refractivity contribution in [3.63, 3.8) is 0 Å². The van der Waals surface area contributed by atoms with E-state index in [-0.39, 0.29) is 0 Å². The predicted molar refractivity (Wildman–Crippen MR) is 75.7 cm³/mol. The van der Waals surface area contributed by atoms with Gasteiger partial charge in [-0.25, -0.2) is 0 Å². The van der Waals surface area contributed by atoms with Gasteiger partial charge in [-0.2, -0.15) is 0 Å². The number of allylic oxidation sites excluding steroid dienone is 5. The van der Waals surface area contributed by atoms with Gasteiger partial charge in [0.15, 0.2) is 0 Å². The zero-order valence-corrected chi connectivity index (χ0v) is 11.0. The van der Waals surface area contributed by atoms with Crippen molar-refractivity contribution in [3.8, 4) is 0 Å². The van der Waals surface area contributed by atoms with Gasteiger partial charge >= 0.3 is 0 Å². The Hall–Kier alpha value is -0.780. The molecule has 0 radical (unpaired) electrons. The first kappa shape index (κ1) is 15.2. The van der Waals surface area contributed by atoms with Gasteiger partial charge in [0.25, 0.3) is 0 Å². The van der Waals surface area contributed by atoms with Crippen molar-refractivity contribution in [1.82, 2.24) is 0 Å². The number of rotatable bonds is 11. The van der Waals surface area contributed by atoms with Gasteiger partial charge in [0, 0.05) is 0 Å². The first-order valence-corrected chi connectivity index (χ1v) is 6.79. The van der Waals surface area contributed by atoms with Crippen LogP contribution in [0.4, 0.5) is 0 Å². The van der Waals surface area contributed by atoms with E-state index in [0.717, 1.165) is 6.42 Å². The Morgan fingerprint density at radius 3 is 2.00 bits per heavy atom. The zero-order chi connectivity index (χ0) is 11.9. The molecule has 92 valence electrons. The maximum absolute atomic E-state index is 3.74. The first-order valence-electron chi connectivity index (χ1n) is 6.79. The third-order valence-corrected chi connectivity index (χ3v) is 2.70. The van der Waals surface area contributed by atoms with E-state index in [0.29, 0.717) is 0 Å². The third kappa shape index (κ3) is 13.2. The highest BCUT2D eigenvalue weighted by molar-refractivity contribution is 4.91. The molecule has 0 aromatic rings. The highest BCUT2D eigenvalue weighted by Gasteiger charge is 1.89. The van der Waals surface area contributed by atoms with E-state index in [2.05, 4.69) is 37.8 Å². The van der Waals surface area contributed by atoms with Gasteiger partial charge in [0.05, 0.1) is 0 Å². The van der Waals surface area contributed by atoms with E-state index in [1.54, 1.807) is 0 Å². The van der Waals surface area contributed by atoms with Crippen LogP contribution in [-0.2, 0) is 0 Å². The summed E-state index contributed by atoms with van der Waals surface area (Å²) in [5, 5.41) is 0. The second-order valence-corrected chi connectivity index (χ2v) is 4.26. The van der Waals surface area contributed by atoms with Crippen molar-refractivity contribution >= 4 is 0 Å². The molecule has 0 aromatic heterocycles. The summed E-state index contributed by atoms with van der Waals surface area (Å²) >= 11 is 0. The van der Waals surface area contributed by atoms with Gasteiger partial charge in [0.2, 0.25) is 0 Å². The Morgan fingerprint density at radius 1 is 0.750 bits per heavy atom. The molecule has 0 aliphatic rings. The van der Waals surface area contributed by atoms with Crippen LogP contribution in [0.5, 0.6) is 0 Å². The van der Waals surface area contributed by atoms with Crippen LogP contribution in [0.2, 0.25) is 0 Å². The van der Waals surface area contributed by atoms with Crippen LogP contribution in [-0.4, -0.2) is 0 Å². The van der Waals surface area contributed by atoms with Crippen LogP contribution in [0.15, 0.2) is 37.0 Å². The van der Waals surface area contributed by atoms with E-state index >= 15 is 0 Å². The maximum atomic E-state index is 3.74. The van der Waals surface area contributed by atoms with E-state index < -0.39 is 0 Å². The predicted octanol–water partition coefficient (Wildman–Crippen LogP) is 5.82. The van der Waals surface area contributed by atoms with Crippen LogP contribution in [0.3, 0.4) is 0 Å². The minimum Gasteiger partial charge on any atom is -0.103 e. The van der Waals surface area contributed by atoms with Crippen LogP contribution < -0.4 is 0 Å². The molecule has 0 aliphatic carbocycles. The Bertz CT molecular complexity index is 186. The molecule has 16 heavy (non-hydrogen) atoms. The lowest BCUT2D eigenvalue weighted by Gasteiger charge is -1.98. The van der Waals surface area contributed by atoms with Crippen molar-refractivity contribution < 1.29 is 0 Å². The molecule has 0 heterocycles. The summed E-state index contributed by atoms with van der Waals surface area (Å²) in [4.78, 5) is 0. The molecular formula is C16H28. The Balaban J connectivity index is 3.03. The molecule has 0 nitrogen and oxygen atoms in total. The van der Waals surface area contributed by atoms with Gasteiger partial charge in [-0.3, -0.25) is 0 Å². The van der Waals surface area contributed by atoms with Crippen LogP contribution in [0.25, 0.3) is 0 Å². The van der Waals surface area contributed by atoms with E-state index in [1.165, 1.54) is 51.4 Å². The molecule has 0 heteroatoms. The summed E-state index contributed by atoms with van der Waals surface area (Å²) in [6, 6.07) is 0. The molecule has 0 spiro atoms. The van der Waals surface area contributed by atoms with Crippen LogP contribution in [0.1, 0.15) is 64.7 Å². The fourth-order valence-electron chi connectivity index (χ4n) is 1.69. The molecule has 0 aromatic carbocycles. The Labute approximate surface area is 102 Å². The average molecular weight is 220 g/mol. The fraction of sp³-hybridized carbons (Fsp3) is 0.625. The molecule has 0 bridgehead atoms. The molecule has 0 fully saturated rings. The topological polar surface area (TPSA) is 0 Å². The van der Waals surface area contributed by atoms with Gasteiger partial charge in [-0.1, -0.05) is 56.1 Å². The van der Waals surface area contributed by atoms with E-state index in [9.17, 15) is 0 Å². The Morgan fingerprint density at radius 2 is 1.38 bits per heavy atom. The largest absolute Gasteiger partial charge is 0.103 e. The maximum Gasteiger partial charge on any atom is -0.0169 e. The van der Waals surface area contributed by atoms with Crippen molar-refractivity contribution in [2.24, 2.45) is 0 Å². The zero-order valence-electron chi connectivity index (χ0n) is 11.0. The number of hydrogen-bond donors (Lipinski definition) is 0. The van der Waals surface area contributed by atoms with Crippen molar-refractivity contribution in [2.75, 3.05) is 0 Å². The average Bonchev–Trinajstić information content (AvgIpc) is 2.31. The minimum atomic E-state index is 1.10. The molecule has 0 amide bonds. The lowest BCUT2D eigenvalue weighted by atomic mass is 10.1. The van der Waals surface area contributed by atoms with Gasteiger partial charge < -0.3 is 0 Å². The molecule has 0 N–H and O–H groups in total. The normalized spacial score (nSPS) is 11.6. The smallest absolute Gasteiger partial charge is 0.0169 e. The summed E-state index contributed by atoms with van der Waals surface area (Å²) < 4.78 is 0. The van der Waals surface area contributed by atoms with E-state index in [1.807, 2.05) is 6.08 Å². The van der Waals surface area contributed by atoms with Crippen molar-refractivity contribution in [1.29, 1.82) is 0 Å². The highest BCUT2D eigenvalue weighted by Crippen LogP contribution is 2.09. The summed E-state index contributed by atoms with van der Waals surface area (Å²) in [5.41, 5.74) is 0. The van der Waals surface area contributed by atoms with Gasteiger partial charge in [-0.05, 0) is 39.0 Å². The Kier molecular flexibility index (Phi) is 13.5.